The van der Waals surface area contributed by atoms with E-state index in [1.165, 1.54) is 5.56 Å². The summed E-state index contributed by atoms with van der Waals surface area (Å²) in [5.41, 5.74) is 1.31. The third-order valence-corrected chi connectivity index (χ3v) is 4.73. The van der Waals surface area contributed by atoms with E-state index in [4.69, 9.17) is 14.2 Å². The second kappa shape index (κ2) is 8.55. The van der Waals surface area contributed by atoms with Gasteiger partial charge in [-0.15, -0.1) is 0 Å². The Bertz CT molecular complexity index is 795. The standard InChI is InChI=1S/C23H29NO4/c1-5-19(27-17-12-10-16(11-13-17)23(2,3)4)22(25)24-14-18-15-26-20-8-6-7-9-21(20)28-18/h6-13,18-19H,5,14-15H2,1-4H3,(H,24,25)/t18-,19-/m1/s1. The Morgan fingerprint density at radius 1 is 1.14 bits per heavy atom. The number of hydrogen-bond acceptors (Lipinski definition) is 4. The topological polar surface area (TPSA) is 56.8 Å². The van der Waals surface area contributed by atoms with Crippen LogP contribution < -0.4 is 19.5 Å². The number of benzene rings is 2. The maximum absolute atomic E-state index is 12.6. The van der Waals surface area contributed by atoms with Crippen LogP contribution in [0.5, 0.6) is 17.2 Å². The van der Waals surface area contributed by atoms with Gasteiger partial charge in [-0.05, 0) is 41.7 Å². The van der Waals surface area contributed by atoms with Crippen molar-refractivity contribution in [3.63, 3.8) is 0 Å². The first kappa shape index (κ1) is 20.1. The molecule has 0 bridgehead atoms. The molecule has 0 aromatic heterocycles. The van der Waals surface area contributed by atoms with Crippen LogP contribution in [0.15, 0.2) is 48.5 Å². The highest BCUT2D eigenvalue weighted by atomic mass is 16.6. The number of ether oxygens (including phenoxy) is 3. The van der Waals surface area contributed by atoms with E-state index in [-0.39, 0.29) is 17.4 Å². The molecule has 0 spiro atoms. The molecule has 1 aliphatic rings. The van der Waals surface area contributed by atoms with E-state index in [9.17, 15) is 4.79 Å². The summed E-state index contributed by atoms with van der Waals surface area (Å²) in [6, 6.07) is 15.5. The number of fused-ring (bicyclic) bond motifs is 1. The fourth-order valence-electron chi connectivity index (χ4n) is 3.01. The number of amides is 1. The fraction of sp³-hybridized carbons (Fsp3) is 0.435. The summed E-state index contributed by atoms with van der Waals surface area (Å²) < 4.78 is 17.5. The van der Waals surface area contributed by atoms with Gasteiger partial charge in [-0.3, -0.25) is 4.79 Å². The lowest BCUT2D eigenvalue weighted by Crippen LogP contribution is -2.45. The number of rotatable bonds is 6. The van der Waals surface area contributed by atoms with Gasteiger partial charge in [0.05, 0.1) is 6.54 Å². The van der Waals surface area contributed by atoms with Crippen molar-refractivity contribution in [2.24, 2.45) is 0 Å². The Morgan fingerprint density at radius 3 is 2.46 bits per heavy atom. The molecule has 2 atom stereocenters. The molecule has 0 saturated carbocycles. The molecule has 150 valence electrons. The van der Waals surface area contributed by atoms with Gasteiger partial charge < -0.3 is 19.5 Å². The predicted octanol–water partition coefficient (Wildman–Crippen LogP) is 4.10. The smallest absolute Gasteiger partial charge is 0.261 e. The van der Waals surface area contributed by atoms with Crippen LogP contribution in [0, 0.1) is 0 Å². The van der Waals surface area contributed by atoms with Crippen molar-refractivity contribution in [3.8, 4) is 17.2 Å². The minimum Gasteiger partial charge on any atom is -0.486 e. The molecule has 1 aliphatic heterocycles. The van der Waals surface area contributed by atoms with Crippen molar-refractivity contribution in [1.82, 2.24) is 5.32 Å². The quantitative estimate of drug-likeness (QED) is 0.816. The van der Waals surface area contributed by atoms with Crippen LogP contribution in [0.3, 0.4) is 0 Å². The zero-order valence-electron chi connectivity index (χ0n) is 17.0. The minimum absolute atomic E-state index is 0.0841. The van der Waals surface area contributed by atoms with Crippen molar-refractivity contribution in [1.29, 1.82) is 0 Å². The molecule has 28 heavy (non-hydrogen) atoms. The van der Waals surface area contributed by atoms with Gasteiger partial charge in [0.1, 0.15) is 18.5 Å². The van der Waals surface area contributed by atoms with Crippen molar-refractivity contribution in [2.75, 3.05) is 13.2 Å². The van der Waals surface area contributed by atoms with E-state index in [1.54, 1.807) is 0 Å². The molecule has 5 heteroatoms. The number of nitrogens with one attached hydrogen (secondary N) is 1. The highest BCUT2D eigenvalue weighted by Gasteiger charge is 2.24. The van der Waals surface area contributed by atoms with Gasteiger partial charge in [0.25, 0.3) is 5.91 Å². The van der Waals surface area contributed by atoms with Gasteiger partial charge in [0.2, 0.25) is 0 Å². The van der Waals surface area contributed by atoms with E-state index in [1.807, 2.05) is 55.5 Å². The van der Waals surface area contributed by atoms with Gasteiger partial charge in [-0.2, -0.15) is 0 Å². The molecule has 0 radical (unpaired) electrons. The monoisotopic (exact) mass is 383 g/mol. The molecule has 0 saturated heterocycles. The molecule has 5 nitrogen and oxygen atoms in total. The van der Waals surface area contributed by atoms with E-state index >= 15 is 0 Å². The lowest BCUT2D eigenvalue weighted by atomic mass is 9.87. The zero-order valence-corrected chi connectivity index (χ0v) is 17.0. The van der Waals surface area contributed by atoms with E-state index in [2.05, 4.69) is 26.1 Å². The lowest BCUT2D eigenvalue weighted by Gasteiger charge is -2.27. The van der Waals surface area contributed by atoms with E-state index in [0.717, 1.165) is 5.75 Å². The summed E-state index contributed by atoms with van der Waals surface area (Å²) in [6.45, 7) is 9.21. The predicted molar refractivity (Wildman–Crippen MR) is 109 cm³/mol. The Kier molecular flexibility index (Phi) is 6.12. The van der Waals surface area contributed by atoms with Crippen molar-refractivity contribution >= 4 is 5.91 Å². The molecule has 1 heterocycles. The third-order valence-electron chi connectivity index (χ3n) is 4.73. The largest absolute Gasteiger partial charge is 0.486 e. The summed E-state index contributed by atoms with van der Waals surface area (Å²) in [4.78, 5) is 12.6. The Labute approximate surface area is 167 Å². The van der Waals surface area contributed by atoms with Gasteiger partial charge >= 0.3 is 0 Å². The normalized spacial score (nSPS) is 16.9. The average Bonchev–Trinajstić information content (AvgIpc) is 2.69. The molecular formula is C23H29NO4. The molecule has 0 aliphatic carbocycles. The van der Waals surface area contributed by atoms with Crippen LogP contribution >= 0.6 is 0 Å². The summed E-state index contributed by atoms with van der Waals surface area (Å²) in [5, 5.41) is 2.92. The van der Waals surface area contributed by atoms with Crippen LogP contribution in [-0.4, -0.2) is 31.3 Å². The zero-order chi connectivity index (χ0) is 20.1. The molecule has 0 fully saturated rings. The molecule has 2 aromatic rings. The van der Waals surface area contributed by atoms with E-state index in [0.29, 0.717) is 31.1 Å². The molecule has 3 rings (SSSR count). The van der Waals surface area contributed by atoms with Gasteiger partial charge in [0, 0.05) is 0 Å². The molecular weight excluding hydrogens is 354 g/mol. The summed E-state index contributed by atoms with van der Waals surface area (Å²) in [5.74, 6) is 1.99. The van der Waals surface area contributed by atoms with Crippen molar-refractivity contribution < 1.29 is 19.0 Å². The summed E-state index contributed by atoms with van der Waals surface area (Å²) >= 11 is 0. The van der Waals surface area contributed by atoms with Crippen LogP contribution in [0.25, 0.3) is 0 Å². The number of carbonyl (C=O) groups is 1. The lowest BCUT2D eigenvalue weighted by molar-refractivity contribution is -0.128. The maximum Gasteiger partial charge on any atom is 0.261 e. The molecule has 2 aromatic carbocycles. The highest BCUT2D eigenvalue weighted by molar-refractivity contribution is 5.81. The van der Waals surface area contributed by atoms with Crippen LogP contribution in [0.2, 0.25) is 0 Å². The molecule has 1 amide bonds. The average molecular weight is 383 g/mol. The van der Waals surface area contributed by atoms with Crippen molar-refractivity contribution in [3.05, 3.63) is 54.1 Å². The summed E-state index contributed by atoms with van der Waals surface area (Å²) in [7, 11) is 0. The first-order chi connectivity index (χ1) is 13.4. The SMILES string of the molecule is CC[C@@H](Oc1ccc(C(C)(C)C)cc1)C(=O)NC[C@@H]1COc2ccccc2O1. The fourth-order valence-corrected chi connectivity index (χ4v) is 3.01. The minimum atomic E-state index is -0.544. The Balaban J connectivity index is 1.53. The Hall–Kier alpha value is -2.69. The number of hydrogen-bond donors (Lipinski definition) is 1. The van der Waals surface area contributed by atoms with Gasteiger partial charge in [0.15, 0.2) is 17.6 Å². The van der Waals surface area contributed by atoms with Crippen molar-refractivity contribution in [2.45, 2.75) is 51.7 Å². The highest BCUT2D eigenvalue weighted by Crippen LogP contribution is 2.30. The number of carbonyl (C=O) groups excluding carboxylic acids is 1. The van der Waals surface area contributed by atoms with Crippen LogP contribution in [0.1, 0.15) is 39.7 Å². The number of para-hydroxylation sites is 2. The van der Waals surface area contributed by atoms with Crippen LogP contribution in [-0.2, 0) is 10.2 Å². The van der Waals surface area contributed by atoms with Gasteiger partial charge in [-0.1, -0.05) is 52.0 Å². The Morgan fingerprint density at radius 2 is 1.82 bits per heavy atom. The maximum atomic E-state index is 12.6. The molecule has 0 unspecified atom stereocenters. The third kappa shape index (κ3) is 4.97. The van der Waals surface area contributed by atoms with Crippen LogP contribution in [0.4, 0.5) is 0 Å². The summed E-state index contributed by atoms with van der Waals surface area (Å²) in [6.07, 6.45) is -0.183. The van der Waals surface area contributed by atoms with Gasteiger partial charge in [-0.25, -0.2) is 0 Å². The first-order valence-electron chi connectivity index (χ1n) is 9.80. The van der Waals surface area contributed by atoms with E-state index < -0.39 is 6.10 Å². The second-order valence-corrected chi connectivity index (χ2v) is 8.03. The first-order valence-corrected chi connectivity index (χ1v) is 9.80. The second-order valence-electron chi connectivity index (χ2n) is 8.03. The molecule has 1 N–H and O–H groups in total.